The van der Waals surface area contributed by atoms with Crippen molar-refractivity contribution < 1.29 is 9.53 Å². The summed E-state index contributed by atoms with van der Waals surface area (Å²) in [6, 6.07) is 7.79. The maximum atomic E-state index is 12.0. The van der Waals surface area contributed by atoms with E-state index in [0.29, 0.717) is 18.3 Å². The molecule has 0 saturated carbocycles. The van der Waals surface area contributed by atoms with Gasteiger partial charge in [-0.05, 0) is 25.0 Å². The number of nitrogens with one attached hydrogen (secondary N) is 1. The number of hydrogen-bond acceptors (Lipinski definition) is 5. The molecule has 1 aliphatic heterocycles. The number of hydrogen-bond donors (Lipinski definition) is 1. The van der Waals surface area contributed by atoms with E-state index in [2.05, 4.69) is 15.5 Å². The Morgan fingerprint density at radius 2 is 2.12 bits per heavy atom. The number of alkyl halides is 1. The van der Waals surface area contributed by atoms with E-state index in [1.54, 1.807) is 18.4 Å². The number of rotatable bonds is 5. The van der Waals surface area contributed by atoms with Gasteiger partial charge in [-0.25, -0.2) is 4.79 Å². The fourth-order valence-electron chi connectivity index (χ4n) is 2.93. The first kappa shape index (κ1) is 17.9. The number of methoxy groups -OCH3 is 1. The van der Waals surface area contributed by atoms with Crippen molar-refractivity contribution in [3.63, 3.8) is 0 Å². The molecule has 0 unspecified atom stereocenters. The summed E-state index contributed by atoms with van der Waals surface area (Å²) >= 11 is 7.21. The van der Waals surface area contributed by atoms with Crippen molar-refractivity contribution >= 4 is 29.0 Å². The molecule has 2 aromatic rings. The molecule has 1 aliphatic rings. The number of nitrogens with zero attached hydrogens (tertiary/aromatic N) is 3. The molecular formula is C17H21ClN4O2S. The average Bonchev–Trinajstić information content (AvgIpc) is 3.16. The van der Waals surface area contributed by atoms with Gasteiger partial charge in [-0.15, -0.1) is 21.8 Å². The van der Waals surface area contributed by atoms with Crippen molar-refractivity contribution in [2.75, 3.05) is 32.6 Å². The summed E-state index contributed by atoms with van der Waals surface area (Å²) in [7, 11) is 1.66. The molecule has 1 aromatic heterocycles. The number of aromatic nitrogens is 2. The van der Waals surface area contributed by atoms with E-state index in [1.807, 2.05) is 29.2 Å². The Hall–Kier alpha value is -1.86. The van der Waals surface area contributed by atoms with E-state index in [-0.39, 0.29) is 6.03 Å². The summed E-state index contributed by atoms with van der Waals surface area (Å²) in [5.41, 5.74) is 0.964. The summed E-state index contributed by atoms with van der Waals surface area (Å²) < 4.78 is 5.41. The van der Waals surface area contributed by atoms with Gasteiger partial charge < -0.3 is 15.0 Å². The number of likely N-dealkylation sites (tertiary alicyclic amines) is 1. The first-order valence-electron chi connectivity index (χ1n) is 8.28. The number of halogens is 1. The fraction of sp³-hybridized carbons (Fsp3) is 0.471. The van der Waals surface area contributed by atoms with Crippen molar-refractivity contribution in [3.05, 3.63) is 29.3 Å². The minimum atomic E-state index is -0.0360. The van der Waals surface area contributed by atoms with Crippen molar-refractivity contribution in [2.24, 2.45) is 0 Å². The fourth-order valence-corrected chi connectivity index (χ4v) is 4.06. The van der Waals surface area contributed by atoms with Gasteiger partial charge in [0.25, 0.3) is 0 Å². The van der Waals surface area contributed by atoms with Crippen LogP contribution in [0.5, 0.6) is 5.75 Å². The number of benzene rings is 1. The van der Waals surface area contributed by atoms with Gasteiger partial charge in [0.15, 0.2) is 5.01 Å². The second-order valence-corrected chi connectivity index (χ2v) is 7.22. The van der Waals surface area contributed by atoms with Crippen molar-refractivity contribution in [1.29, 1.82) is 0 Å². The summed E-state index contributed by atoms with van der Waals surface area (Å²) in [4.78, 5) is 13.8. The van der Waals surface area contributed by atoms with E-state index in [4.69, 9.17) is 16.3 Å². The van der Waals surface area contributed by atoms with E-state index < -0.39 is 0 Å². The third kappa shape index (κ3) is 4.22. The molecular weight excluding hydrogens is 360 g/mol. The standard InChI is InChI=1S/C17H21ClN4O2S/c1-24-14-5-3-2-4-13(14)16-21-20-15(25-16)12-6-10-22(11-7-12)17(23)19-9-8-18/h2-5,12H,6-11H2,1H3,(H,19,23). The lowest BCUT2D eigenvalue weighted by Gasteiger charge is -2.30. The molecule has 0 atom stereocenters. The van der Waals surface area contributed by atoms with Crippen molar-refractivity contribution in [3.8, 4) is 16.3 Å². The van der Waals surface area contributed by atoms with E-state index in [0.717, 1.165) is 47.3 Å². The van der Waals surface area contributed by atoms with Crippen LogP contribution in [0.25, 0.3) is 10.6 Å². The monoisotopic (exact) mass is 380 g/mol. The molecule has 8 heteroatoms. The highest BCUT2D eigenvalue weighted by Crippen LogP contribution is 2.36. The van der Waals surface area contributed by atoms with Gasteiger partial charge in [-0.3, -0.25) is 0 Å². The van der Waals surface area contributed by atoms with Gasteiger partial charge >= 0.3 is 6.03 Å². The van der Waals surface area contributed by atoms with Crippen LogP contribution in [0.15, 0.2) is 24.3 Å². The largest absolute Gasteiger partial charge is 0.496 e. The van der Waals surface area contributed by atoms with Crippen LogP contribution >= 0.6 is 22.9 Å². The Labute approximate surface area is 156 Å². The van der Waals surface area contributed by atoms with Crippen LogP contribution in [-0.2, 0) is 0 Å². The van der Waals surface area contributed by atoms with Gasteiger partial charge in [0.2, 0.25) is 0 Å². The highest BCUT2D eigenvalue weighted by Gasteiger charge is 2.26. The minimum Gasteiger partial charge on any atom is -0.496 e. The zero-order valence-corrected chi connectivity index (χ0v) is 15.6. The van der Waals surface area contributed by atoms with Crippen LogP contribution < -0.4 is 10.1 Å². The first-order chi connectivity index (χ1) is 12.2. The van der Waals surface area contributed by atoms with Gasteiger partial charge in [0.05, 0.1) is 12.7 Å². The number of para-hydroxylation sites is 1. The molecule has 2 amide bonds. The normalized spacial score (nSPS) is 15.2. The van der Waals surface area contributed by atoms with Gasteiger partial charge in [0.1, 0.15) is 10.8 Å². The van der Waals surface area contributed by atoms with Crippen LogP contribution in [0.4, 0.5) is 4.79 Å². The van der Waals surface area contributed by atoms with E-state index in [9.17, 15) is 4.79 Å². The van der Waals surface area contributed by atoms with Crippen LogP contribution in [0.3, 0.4) is 0 Å². The predicted octanol–water partition coefficient (Wildman–Crippen LogP) is 3.34. The minimum absolute atomic E-state index is 0.0360. The summed E-state index contributed by atoms with van der Waals surface area (Å²) in [5, 5.41) is 13.4. The molecule has 6 nitrogen and oxygen atoms in total. The summed E-state index contributed by atoms with van der Waals surface area (Å²) in [6.45, 7) is 1.95. The molecule has 0 spiro atoms. The number of ether oxygens (including phenoxy) is 1. The number of urea groups is 1. The molecule has 1 saturated heterocycles. The highest BCUT2D eigenvalue weighted by molar-refractivity contribution is 7.14. The SMILES string of the molecule is COc1ccccc1-c1nnc(C2CCN(C(=O)NCCCl)CC2)s1. The molecule has 134 valence electrons. The lowest BCUT2D eigenvalue weighted by Crippen LogP contribution is -2.44. The lowest BCUT2D eigenvalue weighted by molar-refractivity contribution is 0.182. The zero-order valence-electron chi connectivity index (χ0n) is 14.1. The van der Waals surface area contributed by atoms with Crippen LogP contribution in [0.1, 0.15) is 23.8 Å². The Kier molecular flexibility index (Phi) is 6.09. The number of carbonyl (C=O) groups excluding carboxylic acids is 1. The second kappa shape index (κ2) is 8.49. The van der Waals surface area contributed by atoms with Gasteiger partial charge in [-0.2, -0.15) is 0 Å². The summed E-state index contributed by atoms with van der Waals surface area (Å²) in [5.74, 6) is 1.58. The van der Waals surface area contributed by atoms with Crippen molar-refractivity contribution in [1.82, 2.24) is 20.4 Å². The topological polar surface area (TPSA) is 67.4 Å². The molecule has 0 bridgehead atoms. The Bertz CT molecular complexity index is 716. The molecule has 1 fully saturated rings. The summed E-state index contributed by atoms with van der Waals surface area (Å²) in [6.07, 6.45) is 1.80. The van der Waals surface area contributed by atoms with Crippen LogP contribution in [-0.4, -0.2) is 53.8 Å². The highest BCUT2D eigenvalue weighted by atomic mass is 35.5. The van der Waals surface area contributed by atoms with Gasteiger partial charge in [0, 0.05) is 31.4 Å². The average molecular weight is 381 g/mol. The molecule has 25 heavy (non-hydrogen) atoms. The third-order valence-electron chi connectivity index (χ3n) is 4.28. The Balaban J connectivity index is 1.63. The number of carbonyl (C=O) groups is 1. The molecule has 2 heterocycles. The molecule has 1 N–H and O–H groups in total. The molecule has 0 radical (unpaired) electrons. The molecule has 0 aliphatic carbocycles. The van der Waals surface area contributed by atoms with Crippen LogP contribution in [0.2, 0.25) is 0 Å². The molecule has 3 rings (SSSR count). The number of amides is 2. The van der Waals surface area contributed by atoms with E-state index in [1.165, 1.54) is 0 Å². The Morgan fingerprint density at radius 3 is 2.84 bits per heavy atom. The van der Waals surface area contributed by atoms with Crippen LogP contribution in [0, 0.1) is 0 Å². The predicted molar refractivity (Wildman–Crippen MR) is 99.6 cm³/mol. The quantitative estimate of drug-likeness (QED) is 0.808. The zero-order chi connectivity index (χ0) is 17.6. The smallest absolute Gasteiger partial charge is 0.317 e. The number of piperidine rings is 1. The maximum absolute atomic E-state index is 12.0. The van der Waals surface area contributed by atoms with E-state index >= 15 is 0 Å². The first-order valence-corrected chi connectivity index (χ1v) is 9.63. The van der Waals surface area contributed by atoms with Crippen molar-refractivity contribution in [2.45, 2.75) is 18.8 Å². The lowest BCUT2D eigenvalue weighted by atomic mass is 9.98. The van der Waals surface area contributed by atoms with Gasteiger partial charge in [-0.1, -0.05) is 23.5 Å². The third-order valence-corrected chi connectivity index (χ3v) is 5.59. The Morgan fingerprint density at radius 1 is 1.36 bits per heavy atom. The molecule has 1 aromatic carbocycles. The second-order valence-electron chi connectivity index (χ2n) is 5.83. The maximum Gasteiger partial charge on any atom is 0.317 e.